The number of hydrogen-bond donors (Lipinski definition) is 2. The van der Waals surface area contributed by atoms with Crippen molar-refractivity contribution in [2.45, 2.75) is 13.8 Å². The van der Waals surface area contributed by atoms with Gasteiger partial charge < -0.3 is 10.3 Å². The number of fused-ring (bicyclic) bond motifs is 1. The van der Waals surface area contributed by atoms with Gasteiger partial charge >= 0.3 is 0 Å². The average molecular weight is 344 g/mol. The van der Waals surface area contributed by atoms with Gasteiger partial charge in [-0.1, -0.05) is 23.2 Å². The summed E-state index contributed by atoms with van der Waals surface area (Å²) >= 11 is 5.78. The zero-order chi connectivity index (χ0) is 17.4. The third kappa shape index (κ3) is 2.83. The number of H-pyrrole nitrogens is 1. The molecule has 0 fully saturated rings. The van der Waals surface area contributed by atoms with Gasteiger partial charge in [0.05, 0.1) is 4.92 Å². The first-order chi connectivity index (χ1) is 11.4. The molecule has 0 aliphatic rings. The van der Waals surface area contributed by atoms with Gasteiger partial charge in [-0.15, -0.1) is 0 Å². The van der Waals surface area contributed by atoms with Gasteiger partial charge in [0.1, 0.15) is 10.7 Å². The summed E-state index contributed by atoms with van der Waals surface area (Å²) in [5.74, 6) is -0.363. The highest BCUT2D eigenvalue weighted by atomic mass is 35.5. The largest absolute Gasteiger partial charge is 0.350 e. The lowest BCUT2D eigenvalue weighted by Crippen LogP contribution is -2.13. The number of benzene rings is 2. The summed E-state index contributed by atoms with van der Waals surface area (Å²) in [5.41, 5.74) is 3.28. The van der Waals surface area contributed by atoms with Crippen LogP contribution in [0.5, 0.6) is 0 Å². The molecule has 2 aromatic carbocycles. The monoisotopic (exact) mass is 343 g/mol. The Balaban J connectivity index is 1.94. The lowest BCUT2D eigenvalue weighted by Gasteiger charge is -2.05. The topological polar surface area (TPSA) is 88.0 Å². The first-order valence-electron chi connectivity index (χ1n) is 7.21. The maximum Gasteiger partial charge on any atom is 0.289 e. The average Bonchev–Trinajstić information content (AvgIpc) is 2.86. The summed E-state index contributed by atoms with van der Waals surface area (Å²) in [4.78, 5) is 25.9. The molecule has 7 heteroatoms. The van der Waals surface area contributed by atoms with E-state index in [0.717, 1.165) is 22.0 Å². The van der Waals surface area contributed by atoms with E-state index < -0.39 is 4.92 Å². The van der Waals surface area contributed by atoms with Crippen LogP contribution in [0.15, 0.2) is 36.4 Å². The Morgan fingerprint density at radius 2 is 1.96 bits per heavy atom. The zero-order valence-electron chi connectivity index (χ0n) is 13.0. The first kappa shape index (κ1) is 16.0. The number of nitrogens with zero attached hydrogens (tertiary/aromatic N) is 1. The summed E-state index contributed by atoms with van der Waals surface area (Å²) in [6, 6.07) is 10.0. The number of aromatic nitrogens is 1. The lowest BCUT2D eigenvalue weighted by atomic mass is 10.1. The minimum atomic E-state index is -0.588. The molecule has 3 aromatic rings. The zero-order valence-corrected chi connectivity index (χ0v) is 13.8. The molecule has 0 spiro atoms. The second-order valence-electron chi connectivity index (χ2n) is 5.55. The van der Waals surface area contributed by atoms with Gasteiger partial charge in [-0.05, 0) is 43.7 Å². The lowest BCUT2D eigenvalue weighted by molar-refractivity contribution is -0.384. The number of halogens is 1. The number of hydrogen-bond acceptors (Lipinski definition) is 3. The van der Waals surface area contributed by atoms with E-state index in [1.807, 2.05) is 32.0 Å². The van der Waals surface area contributed by atoms with Crippen molar-refractivity contribution in [1.29, 1.82) is 0 Å². The van der Waals surface area contributed by atoms with E-state index in [4.69, 9.17) is 11.6 Å². The van der Waals surface area contributed by atoms with Crippen LogP contribution in [0, 0.1) is 24.0 Å². The molecule has 24 heavy (non-hydrogen) atoms. The molecule has 0 saturated heterocycles. The molecule has 122 valence electrons. The Labute approximate surface area is 142 Å². The molecule has 0 atom stereocenters. The minimum absolute atomic E-state index is 0.0234. The Morgan fingerprint density at radius 1 is 1.21 bits per heavy atom. The predicted molar refractivity (Wildman–Crippen MR) is 93.8 cm³/mol. The molecule has 1 aromatic heterocycles. The molecular formula is C17H14ClN3O3. The molecule has 0 aliphatic heterocycles. The summed E-state index contributed by atoms with van der Waals surface area (Å²) in [6.45, 7) is 3.84. The van der Waals surface area contributed by atoms with Crippen LogP contribution in [-0.4, -0.2) is 15.8 Å². The molecule has 0 aliphatic carbocycles. The molecule has 3 rings (SSSR count). The number of carbonyl (C=O) groups excluding carboxylic acids is 1. The number of aromatic amines is 1. The predicted octanol–water partition coefficient (Wildman–Crippen LogP) is 4.60. The van der Waals surface area contributed by atoms with Gasteiger partial charge in [0.15, 0.2) is 0 Å². The van der Waals surface area contributed by atoms with E-state index in [1.54, 1.807) is 0 Å². The van der Waals surface area contributed by atoms with E-state index in [-0.39, 0.29) is 16.6 Å². The maximum absolute atomic E-state index is 12.5. The smallest absolute Gasteiger partial charge is 0.289 e. The number of rotatable bonds is 3. The van der Waals surface area contributed by atoms with Crippen molar-refractivity contribution in [2.24, 2.45) is 0 Å². The van der Waals surface area contributed by atoms with E-state index >= 15 is 0 Å². The van der Waals surface area contributed by atoms with Crippen LogP contribution < -0.4 is 5.32 Å². The second-order valence-corrected chi connectivity index (χ2v) is 5.96. The maximum atomic E-state index is 12.5. The third-order valence-corrected chi connectivity index (χ3v) is 4.16. The fourth-order valence-corrected chi connectivity index (χ4v) is 2.78. The van der Waals surface area contributed by atoms with Crippen LogP contribution in [0.2, 0.25) is 5.02 Å². The number of carbonyl (C=O) groups is 1. The second kappa shape index (κ2) is 5.98. The summed E-state index contributed by atoms with van der Waals surface area (Å²) < 4.78 is 0. The highest BCUT2D eigenvalue weighted by molar-refractivity contribution is 6.32. The van der Waals surface area contributed by atoms with Crippen molar-refractivity contribution >= 4 is 39.8 Å². The SMILES string of the molecule is Cc1ccc2[nH]c(C(=O)Nc3ccc(Cl)c([N+](=O)[O-])c3)c(C)c2c1. The fraction of sp³-hybridized carbons (Fsp3) is 0.118. The van der Waals surface area contributed by atoms with Gasteiger partial charge in [-0.2, -0.15) is 0 Å². The third-order valence-electron chi connectivity index (χ3n) is 3.84. The van der Waals surface area contributed by atoms with Crippen LogP contribution in [0.1, 0.15) is 21.6 Å². The van der Waals surface area contributed by atoms with E-state index in [1.165, 1.54) is 18.2 Å². The molecule has 6 nitrogen and oxygen atoms in total. The van der Waals surface area contributed by atoms with Crippen LogP contribution >= 0.6 is 11.6 Å². The van der Waals surface area contributed by atoms with Gasteiger partial charge in [0.2, 0.25) is 0 Å². The van der Waals surface area contributed by atoms with Gasteiger partial charge in [-0.3, -0.25) is 14.9 Å². The van der Waals surface area contributed by atoms with E-state index in [2.05, 4.69) is 10.3 Å². The van der Waals surface area contributed by atoms with Crippen LogP contribution in [0.25, 0.3) is 10.9 Å². The summed E-state index contributed by atoms with van der Waals surface area (Å²) in [7, 11) is 0. The number of nitro groups is 1. The highest BCUT2D eigenvalue weighted by Crippen LogP contribution is 2.28. The Morgan fingerprint density at radius 3 is 2.67 bits per heavy atom. The Hall–Kier alpha value is -2.86. The van der Waals surface area contributed by atoms with E-state index in [0.29, 0.717) is 11.4 Å². The molecule has 0 radical (unpaired) electrons. The molecule has 1 amide bonds. The van der Waals surface area contributed by atoms with E-state index in [9.17, 15) is 14.9 Å². The summed E-state index contributed by atoms with van der Waals surface area (Å²) in [6.07, 6.45) is 0. The molecule has 2 N–H and O–H groups in total. The summed E-state index contributed by atoms with van der Waals surface area (Å²) in [5, 5.41) is 14.6. The van der Waals surface area contributed by atoms with Crippen molar-refractivity contribution in [1.82, 2.24) is 4.98 Å². The fourth-order valence-electron chi connectivity index (χ4n) is 2.59. The van der Waals surface area contributed by atoms with Crippen molar-refractivity contribution in [2.75, 3.05) is 5.32 Å². The van der Waals surface area contributed by atoms with Crippen molar-refractivity contribution in [3.8, 4) is 0 Å². The van der Waals surface area contributed by atoms with Crippen molar-refractivity contribution < 1.29 is 9.72 Å². The first-order valence-corrected chi connectivity index (χ1v) is 7.59. The molecule has 0 bridgehead atoms. The van der Waals surface area contributed by atoms with Gasteiger partial charge in [0, 0.05) is 22.7 Å². The molecule has 1 heterocycles. The highest BCUT2D eigenvalue weighted by Gasteiger charge is 2.17. The van der Waals surface area contributed by atoms with Crippen LogP contribution in [0.4, 0.5) is 11.4 Å². The quantitative estimate of drug-likeness (QED) is 0.538. The molecule has 0 unspecified atom stereocenters. The number of amides is 1. The number of aryl methyl sites for hydroxylation is 2. The molecular weight excluding hydrogens is 330 g/mol. The number of nitro benzene ring substituents is 1. The van der Waals surface area contributed by atoms with Crippen molar-refractivity contribution in [3.63, 3.8) is 0 Å². The van der Waals surface area contributed by atoms with Crippen molar-refractivity contribution in [3.05, 3.63) is 68.4 Å². The Bertz CT molecular complexity index is 979. The van der Waals surface area contributed by atoms with Crippen LogP contribution in [0.3, 0.4) is 0 Å². The number of nitrogens with one attached hydrogen (secondary N) is 2. The minimum Gasteiger partial charge on any atom is -0.350 e. The molecule has 0 saturated carbocycles. The van der Waals surface area contributed by atoms with Crippen LogP contribution in [-0.2, 0) is 0 Å². The Kier molecular flexibility index (Phi) is 3.99. The normalized spacial score (nSPS) is 10.8. The van der Waals surface area contributed by atoms with Gasteiger partial charge in [0.25, 0.3) is 11.6 Å². The number of anilines is 1. The van der Waals surface area contributed by atoms with Gasteiger partial charge in [-0.25, -0.2) is 0 Å². The standard InChI is InChI=1S/C17H14ClN3O3/c1-9-3-6-14-12(7-9)10(2)16(20-14)17(22)19-11-4-5-13(18)15(8-11)21(23)24/h3-8,20H,1-2H3,(H,19,22).